The minimum Gasteiger partial charge on any atom is -0.478 e. The van der Waals surface area contributed by atoms with E-state index in [0.29, 0.717) is 12.2 Å². The van der Waals surface area contributed by atoms with E-state index in [1.807, 2.05) is 11.6 Å². The zero-order valence-electron chi connectivity index (χ0n) is 13.4. The summed E-state index contributed by atoms with van der Waals surface area (Å²) in [7, 11) is 0. The second kappa shape index (κ2) is 9.19. The Balaban J connectivity index is 0.000000307. The van der Waals surface area contributed by atoms with Gasteiger partial charge in [-0.05, 0) is 31.5 Å². The van der Waals surface area contributed by atoms with E-state index in [0.717, 1.165) is 28.6 Å². The van der Waals surface area contributed by atoms with E-state index in [4.69, 9.17) is 15.9 Å². The Hall–Kier alpha value is -2.19. The average Bonchev–Trinajstić information content (AvgIpc) is 2.82. The molecule has 130 valence electrons. The predicted molar refractivity (Wildman–Crippen MR) is 94.9 cm³/mol. The van der Waals surface area contributed by atoms with Crippen molar-refractivity contribution >= 4 is 38.8 Å². The van der Waals surface area contributed by atoms with E-state index in [1.165, 1.54) is 5.39 Å². The van der Waals surface area contributed by atoms with Crippen LogP contribution in [0.2, 0.25) is 0 Å². The van der Waals surface area contributed by atoms with Crippen molar-refractivity contribution in [3.63, 3.8) is 0 Å². The summed E-state index contributed by atoms with van der Waals surface area (Å²) in [4.78, 5) is 19.1. The van der Waals surface area contributed by atoms with Crippen LogP contribution in [-0.2, 0) is 22.6 Å². The van der Waals surface area contributed by atoms with Crippen LogP contribution in [0, 0.1) is 0 Å². The van der Waals surface area contributed by atoms with Gasteiger partial charge in [0.05, 0.1) is 17.8 Å². The third-order valence-electron chi connectivity index (χ3n) is 2.95. The highest BCUT2D eigenvalue weighted by Crippen LogP contribution is 2.23. The molecule has 0 saturated heterocycles. The summed E-state index contributed by atoms with van der Waals surface area (Å²) in [6, 6.07) is 6.39. The number of aliphatic carboxylic acids is 2. The van der Waals surface area contributed by atoms with Gasteiger partial charge in [0.1, 0.15) is 0 Å². The van der Waals surface area contributed by atoms with Gasteiger partial charge in [-0.15, -0.1) is 0 Å². The van der Waals surface area contributed by atoms with Gasteiger partial charge in [0.2, 0.25) is 0 Å². The van der Waals surface area contributed by atoms with Gasteiger partial charge in [0, 0.05) is 28.1 Å². The first kappa shape index (κ1) is 19.9. The third kappa shape index (κ3) is 6.13. The van der Waals surface area contributed by atoms with Gasteiger partial charge in [-0.25, -0.2) is 9.59 Å². The highest BCUT2D eigenvalue weighted by atomic mass is 79.9. The van der Waals surface area contributed by atoms with Crippen molar-refractivity contribution in [1.82, 2.24) is 9.78 Å². The molecule has 24 heavy (non-hydrogen) atoms. The highest BCUT2D eigenvalue weighted by molar-refractivity contribution is 9.10. The van der Waals surface area contributed by atoms with Crippen molar-refractivity contribution in [3.8, 4) is 0 Å². The SMILES string of the molecule is CCc1nn(C[C@H](C)N)c2cc(Br)ccc12.O=C(O)C=CC(=O)O. The van der Waals surface area contributed by atoms with Crippen LogP contribution >= 0.6 is 15.9 Å². The third-order valence-corrected chi connectivity index (χ3v) is 3.45. The molecule has 0 spiro atoms. The molecule has 1 atom stereocenters. The van der Waals surface area contributed by atoms with Crippen LogP contribution in [0.1, 0.15) is 19.5 Å². The number of fused-ring (bicyclic) bond motifs is 1. The van der Waals surface area contributed by atoms with Gasteiger partial charge in [0.25, 0.3) is 0 Å². The first-order valence-electron chi connectivity index (χ1n) is 7.29. The second-order valence-corrected chi connectivity index (χ2v) is 6.05. The lowest BCUT2D eigenvalue weighted by Gasteiger charge is -2.06. The summed E-state index contributed by atoms with van der Waals surface area (Å²) in [5, 5.41) is 21.5. The maximum Gasteiger partial charge on any atom is 0.328 e. The minimum atomic E-state index is -1.26. The molecule has 8 heteroatoms. The number of halogens is 1. The number of aromatic nitrogens is 2. The smallest absolute Gasteiger partial charge is 0.328 e. The molecule has 1 aromatic carbocycles. The first-order chi connectivity index (χ1) is 11.2. The van der Waals surface area contributed by atoms with Gasteiger partial charge in [-0.3, -0.25) is 4.68 Å². The Morgan fingerprint density at radius 1 is 1.33 bits per heavy atom. The molecule has 0 fully saturated rings. The summed E-state index contributed by atoms with van der Waals surface area (Å²) < 4.78 is 3.08. The molecule has 0 amide bonds. The average molecular weight is 398 g/mol. The molecule has 0 bridgehead atoms. The number of carboxylic acid groups (broad SMARTS) is 2. The number of carboxylic acids is 2. The Kier molecular flexibility index (Phi) is 7.60. The van der Waals surface area contributed by atoms with Crippen LogP contribution in [0.4, 0.5) is 0 Å². The number of aryl methyl sites for hydroxylation is 1. The highest BCUT2D eigenvalue weighted by Gasteiger charge is 2.10. The second-order valence-electron chi connectivity index (χ2n) is 5.13. The topological polar surface area (TPSA) is 118 Å². The molecular formula is C16H20BrN3O4. The normalized spacial score (nSPS) is 12.0. The summed E-state index contributed by atoms with van der Waals surface area (Å²) in [5.74, 6) is -2.51. The maximum absolute atomic E-state index is 9.55. The first-order valence-corrected chi connectivity index (χ1v) is 8.08. The Morgan fingerprint density at radius 3 is 2.38 bits per heavy atom. The lowest BCUT2D eigenvalue weighted by atomic mass is 10.2. The molecule has 1 heterocycles. The van der Waals surface area contributed by atoms with Crippen LogP contribution in [-0.4, -0.2) is 38.0 Å². The van der Waals surface area contributed by atoms with Crippen molar-refractivity contribution < 1.29 is 19.8 Å². The van der Waals surface area contributed by atoms with E-state index < -0.39 is 11.9 Å². The van der Waals surface area contributed by atoms with Gasteiger partial charge < -0.3 is 15.9 Å². The number of hydrogen-bond donors (Lipinski definition) is 3. The predicted octanol–water partition coefficient (Wildman–Crippen LogP) is 2.42. The minimum absolute atomic E-state index is 0.117. The van der Waals surface area contributed by atoms with Crippen LogP contribution in [0.15, 0.2) is 34.8 Å². The number of benzene rings is 1. The molecule has 0 aliphatic rings. The Labute approximate surface area is 147 Å². The van der Waals surface area contributed by atoms with Crippen molar-refractivity contribution in [1.29, 1.82) is 0 Å². The molecule has 0 unspecified atom stereocenters. The van der Waals surface area contributed by atoms with Crippen LogP contribution < -0.4 is 5.73 Å². The molecule has 2 rings (SSSR count). The molecule has 0 saturated carbocycles. The van der Waals surface area contributed by atoms with Crippen molar-refractivity contribution in [2.45, 2.75) is 32.9 Å². The standard InChI is InChI=1S/C12H16BrN3.C4H4O4/c1-3-11-10-5-4-9(13)6-12(10)16(15-11)7-8(2)14;5-3(6)1-2-4(7)8/h4-6,8H,3,7,14H2,1-2H3;1-2H,(H,5,6)(H,7,8)/t8-;/m0./s1. The molecule has 4 N–H and O–H groups in total. The van der Waals surface area contributed by atoms with Crippen molar-refractivity contribution in [3.05, 3.63) is 40.5 Å². The zero-order chi connectivity index (χ0) is 18.3. The number of nitrogens with zero attached hydrogens (tertiary/aromatic N) is 2. The van der Waals surface area contributed by atoms with Crippen LogP contribution in [0.5, 0.6) is 0 Å². The van der Waals surface area contributed by atoms with E-state index >= 15 is 0 Å². The lowest BCUT2D eigenvalue weighted by molar-refractivity contribution is -0.134. The van der Waals surface area contributed by atoms with Gasteiger partial charge in [-0.1, -0.05) is 22.9 Å². The van der Waals surface area contributed by atoms with Gasteiger partial charge in [-0.2, -0.15) is 5.10 Å². The summed E-state index contributed by atoms with van der Waals surface area (Å²) >= 11 is 3.49. The molecule has 7 nitrogen and oxygen atoms in total. The summed E-state index contributed by atoms with van der Waals surface area (Å²) in [6.45, 7) is 4.88. The van der Waals surface area contributed by atoms with E-state index in [2.05, 4.69) is 46.2 Å². The number of nitrogens with two attached hydrogens (primary N) is 1. The van der Waals surface area contributed by atoms with Gasteiger partial charge >= 0.3 is 11.9 Å². The Morgan fingerprint density at radius 2 is 1.92 bits per heavy atom. The monoisotopic (exact) mass is 397 g/mol. The van der Waals surface area contributed by atoms with Crippen molar-refractivity contribution in [2.75, 3.05) is 0 Å². The quantitative estimate of drug-likeness (QED) is 0.666. The number of carbonyl (C=O) groups is 2. The van der Waals surface area contributed by atoms with Crippen LogP contribution in [0.3, 0.4) is 0 Å². The fraction of sp³-hybridized carbons (Fsp3) is 0.312. The van der Waals surface area contributed by atoms with E-state index in [1.54, 1.807) is 0 Å². The molecule has 1 aromatic heterocycles. The van der Waals surface area contributed by atoms with Gasteiger partial charge in [0.15, 0.2) is 0 Å². The summed E-state index contributed by atoms with van der Waals surface area (Å²) in [6.07, 6.45) is 2.06. The molecule has 0 radical (unpaired) electrons. The Bertz CT molecular complexity index is 737. The van der Waals surface area contributed by atoms with E-state index in [9.17, 15) is 9.59 Å². The van der Waals surface area contributed by atoms with Crippen LogP contribution in [0.25, 0.3) is 10.9 Å². The van der Waals surface area contributed by atoms with E-state index in [-0.39, 0.29) is 6.04 Å². The molecule has 0 aliphatic carbocycles. The largest absolute Gasteiger partial charge is 0.478 e. The molecular weight excluding hydrogens is 378 g/mol. The zero-order valence-corrected chi connectivity index (χ0v) is 15.0. The fourth-order valence-corrected chi connectivity index (χ4v) is 2.38. The molecule has 2 aromatic rings. The molecule has 0 aliphatic heterocycles. The summed E-state index contributed by atoms with van der Waals surface area (Å²) in [5.41, 5.74) is 8.13. The number of hydrogen-bond acceptors (Lipinski definition) is 4. The maximum atomic E-state index is 9.55. The van der Waals surface area contributed by atoms with Crippen molar-refractivity contribution in [2.24, 2.45) is 5.73 Å². The fourth-order valence-electron chi connectivity index (χ4n) is 2.03. The lowest BCUT2D eigenvalue weighted by Crippen LogP contribution is -2.22. The number of rotatable bonds is 5.